The molecule has 1 atom stereocenters. The Morgan fingerprint density at radius 1 is 1.35 bits per heavy atom. The summed E-state index contributed by atoms with van der Waals surface area (Å²) in [5, 5.41) is 11.8. The molecule has 1 rings (SSSR count). The van der Waals surface area contributed by atoms with Crippen molar-refractivity contribution in [2.45, 2.75) is 46.3 Å². The second-order valence-corrected chi connectivity index (χ2v) is 4.73. The number of aliphatic hydroxyl groups is 1. The normalized spacial score (nSPS) is 12.6. The van der Waals surface area contributed by atoms with E-state index >= 15 is 0 Å². The third-order valence-electron chi connectivity index (χ3n) is 2.87. The van der Waals surface area contributed by atoms with Gasteiger partial charge >= 0.3 is 0 Å². The molecular formula is C14H21NO2. The van der Waals surface area contributed by atoms with Crippen molar-refractivity contribution in [2.24, 2.45) is 0 Å². The van der Waals surface area contributed by atoms with Crippen molar-refractivity contribution in [3.8, 4) is 0 Å². The van der Waals surface area contributed by atoms with E-state index in [1.807, 2.05) is 6.92 Å². The average Bonchev–Trinajstić information content (AvgIpc) is 2.26. The Labute approximate surface area is 103 Å². The van der Waals surface area contributed by atoms with Gasteiger partial charge in [0, 0.05) is 6.54 Å². The van der Waals surface area contributed by atoms with Gasteiger partial charge in [-0.25, -0.2) is 0 Å². The van der Waals surface area contributed by atoms with Gasteiger partial charge in [-0.15, -0.1) is 0 Å². The first kappa shape index (κ1) is 13.7. The van der Waals surface area contributed by atoms with Crippen LogP contribution in [0.1, 0.15) is 43.4 Å². The second kappa shape index (κ2) is 5.82. The van der Waals surface area contributed by atoms with E-state index in [0.717, 1.165) is 11.1 Å². The Hall–Kier alpha value is -1.35. The summed E-state index contributed by atoms with van der Waals surface area (Å²) in [6.45, 7) is 8.24. The number of carbonyl (C=O) groups is 1. The number of carbonyl (C=O) groups excluding carboxylic acids is 1. The SMILES string of the molecule is Cc1ccc(C(C)C)cc1CNC(=O)C(C)O. The molecule has 0 aliphatic rings. The number of nitrogens with one attached hydrogen (secondary N) is 1. The molecule has 1 unspecified atom stereocenters. The van der Waals surface area contributed by atoms with Crippen LogP contribution in [-0.2, 0) is 11.3 Å². The molecule has 3 heteroatoms. The molecule has 1 aromatic carbocycles. The van der Waals surface area contributed by atoms with Gasteiger partial charge in [-0.05, 0) is 36.5 Å². The van der Waals surface area contributed by atoms with E-state index in [1.165, 1.54) is 12.5 Å². The Kier molecular flexibility index (Phi) is 4.70. The van der Waals surface area contributed by atoms with Crippen LogP contribution in [0.4, 0.5) is 0 Å². The maximum atomic E-state index is 11.3. The molecule has 94 valence electrons. The largest absolute Gasteiger partial charge is 0.384 e. The fourth-order valence-electron chi connectivity index (χ4n) is 1.57. The van der Waals surface area contributed by atoms with Gasteiger partial charge in [0.2, 0.25) is 5.91 Å². The van der Waals surface area contributed by atoms with Crippen molar-refractivity contribution in [2.75, 3.05) is 0 Å². The number of amides is 1. The van der Waals surface area contributed by atoms with Crippen LogP contribution >= 0.6 is 0 Å². The van der Waals surface area contributed by atoms with Crippen LogP contribution < -0.4 is 5.32 Å². The summed E-state index contributed by atoms with van der Waals surface area (Å²) in [6.07, 6.45) is -0.955. The predicted octanol–water partition coefficient (Wildman–Crippen LogP) is 2.12. The molecule has 3 nitrogen and oxygen atoms in total. The van der Waals surface area contributed by atoms with Crippen molar-refractivity contribution in [1.29, 1.82) is 0 Å². The highest BCUT2D eigenvalue weighted by molar-refractivity contribution is 5.79. The fraction of sp³-hybridized carbons (Fsp3) is 0.500. The standard InChI is InChI=1S/C14H21NO2/c1-9(2)12-6-5-10(3)13(7-12)8-15-14(17)11(4)16/h5-7,9,11,16H,8H2,1-4H3,(H,15,17). The van der Waals surface area contributed by atoms with E-state index in [1.54, 1.807) is 0 Å². The van der Waals surface area contributed by atoms with Gasteiger partial charge < -0.3 is 10.4 Å². The van der Waals surface area contributed by atoms with Crippen LogP contribution in [0.15, 0.2) is 18.2 Å². The zero-order chi connectivity index (χ0) is 13.0. The molecule has 0 saturated heterocycles. The van der Waals surface area contributed by atoms with Gasteiger partial charge in [0.05, 0.1) is 0 Å². The first-order valence-corrected chi connectivity index (χ1v) is 5.97. The molecule has 0 radical (unpaired) electrons. The minimum Gasteiger partial charge on any atom is -0.384 e. The molecule has 0 bridgehead atoms. The van der Waals surface area contributed by atoms with Gasteiger partial charge in [0.1, 0.15) is 6.10 Å². The Balaban J connectivity index is 2.76. The highest BCUT2D eigenvalue weighted by atomic mass is 16.3. The number of aliphatic hydroxyl groups excluding tert-OH is 1. The maximum Gasteiger partial charge on any atom is 0.248 e. The molecule has 0 spiro atoms. The van der Waals surface area contributed by atoms with E-state index in [2.05, 4.69) is 37.4 Å². The molecule has 1 amide bonds. The summed E-state index contributed by atoms with van der Waals surface area (Å²) in [5.41, 5.74) is 3.52. The van der Waals surface area contributed by atoms with Crippen LogP contribution in [0.25, 0.3) is 0 Å². The van der Waals surface area contributed by atoms with Crippen molar-refractivity contribution in [1.82, 2.24) is 5.32 Å². The minimum absolute atomic E-state index is 0.334. The van der Waals surface area contributed by atoms with Crippen LogP contribution in [-0.4, -0.2) is 17.1 Å². The number of hydrogen-bond donors (Lipinski definition) is 2. The zero-order valence-corrected chi connectivity index (χ0v) is 10.9. The summed E-state index contributed by atoms with van der Waals surface area (Å²) in [5.74, 6) is 0.140. The summed E-state index contributed by atoms with van der Waals surface area (Å²) < 4.78 is 0. The van der Waals surface area contributed by atoms with Crippen molar-refractivity contribution in [3.05, 3.63) is 34.9 Å². The highest BCUT2D eigenvalue weighted by Crippen LogP contribution is 2.18. The monoisotopic (exact) mass is 235 g/mol. The van der Waals surface area contributed by atoms with Crippen LogP contribution in [0.2, 0.25) is 0 Å². The summed E-state index contributed by atoms with van der Waals surface area (Å²) in [4.78, 5) is 11.3. The highest BCUT2D eigenvalue weighted by Gasteiger charge is 2.09. The number of rotatable bonds is 4. The summed E-state index contributed by atoms with van der Waals surface area (Å²) in [7, 11) is 0. The first-order valence-electron chi connectivity index (χ1n) is 5.97. The molecule has 0 aliphatic heterocycles. The van der Waals surface area contributed by atoms with Crippen molar-refractivity contribution >= 4 is 5.91 Å². The quantitative estimate of drug-likeness (QED) is 0.839. The molecular weight excluding hydrogens is 214 g/mol. The molecule has 1 aromatic rings. The fourth-order valence-corrected chi connectivity index (χ4v) is 1.57. The van der Waals surface area contributed by atoms with Crippen molar-refractivity contribution in [3.63, 3.8) is 0 Å². The maximum absolute atomic E-state index is 11.3. The predicted molar refractivity (Wildman–Crippen MR) is 68.8 cm³/mol. The first-order chi connectivity index (χ1) is 7.91. The van der Waals surface area contributed by atoms with Gasteiger partial charge in [0.15, 0.2) is 0 Å². The van der Waals surface area contributed by atoms with Gasteiger partial charge in [-0.2, -0.15) is 0 Å². The summed E-state index contributed by atoms with van der Waals surface area (Å²) in [6, 6.07) is 6.29. The molecule has 17 heavy (non-hydrogen) atoms. The molecule has 0 aromatic heterocycles. The Bertz CT molecular complexity index is 397. The van der Waals surface area contributed by atoms with E-state index in [4.69, 9.17) is 5.11 Å². The number of aryl methyl sites for hydroxylation is 1. The van der Waals surface area contributed by atoms with Crippen LogP contribution in [0.3, 0.4) is 0 Å². The average molecular weight is 235 g/mol. The smallest absolute Gasteiger partial charge is 0.248 e. The minimum atomic E-state index is -0.955. The van der Waals surface area contributed by atoms with Gasteiger partial charge in [-0.3, -0.25) is 4.79 Å². The van der Waals surface area contributed by atoms with Gasteiger partial charge in [-0.1, -0.05) is 32.0 Å². The Morgan fingerprint density at radius 2 is 2.00 bits per heavy atom. The topological polar surface area (TPSA) is 49.3 Å². The number of hydrogen-bond acceptors (Lipinski definition) is 2. The zero-order valence-electron chi connectivity index (χ0n) is 10.9. The lowest BCUT2D eigenvalue weighted by Gasteiger charge is -2.13. The van der Waals surface area contributed by atoms with Crippen LogP contribution in [0, 0.1) is 6.92 Å². The molecule has 0 heterocycles. The third-order valence-corrected chi connectivity index (χ3v) is 2.87. The van der Waals surface area contributed by atoms with Gasteiger partial charge in [0.25, 0.3) is 0 Å². The van der Waals surface area contributed by atoms with Crippen molar-refractivity contribution < 1.29 is 9.90 Å². The van der Waals surface area contributed by atoms with E-state index in [-0.39, 0.29) is 5.91 Å². The second-order valence-electron chi connectivity index (χ2n) is 4.73. The molecule has 0 aliphatic carbocycles. The lowest BCUT2D eigenvalue weighted by Crippen LogP contribution is -2.32. The van der Waals surface area contributed by atoms with E-state index in [9.17, 15) is 4.79 Å². The van der Waals surface area contributed by atoms with E-state index in [0.29, 0.717) is 12.5 Å². The molecule has 0 fully saturated rings. The Morgan fingerprint density at radius 3 is 2.53 bits per heavy atom. The lowest BCUT2D eigenvalue weighted by atomic mass is 9.98. The number of benzene rings is 1. The van der Waals surface area contributed by atoms with E-state index < -0.39 is 6.10 Å². The molecule has 2 N–H and O–H groups in total. The third kappa shape index (κ3) is 3.86. The summed E-state index contributed by atoms with van der Waals surface area (Å²) >= 11 is 0. The molecule has 0 saturated carbocycles. The lowest BCUT2D eigenvalue weighted by molar-refractivity contribution is -0.128. The van der Waals surface area contributed by atoms with Crippen LogP contribution in [0.5, 0.6) is 0 Å².